The molecule has 2 heterocycles. The predicted molar refractivity (Wildman–Crippen MR) is 251 cm³/mol. The number of benzene rings is 8. The summed E-state index contributed by atoms with van der Waals surface area (Å²) in [5.74, 6) is 0.648. The molecule has 59 heavy (non-hydrogen) atoms. The molecule has 1 aliphatic carbocycles. The Labute approximate surface area is 347 Å². The molecule has 0 aliphatic heterocycles. The summed E-state index contributed by atoms with van der Waals surface area (Å²) in [6.07, 6.45) is 2.54. The van der Waals surface area contributed by atoms with Gasteiger partial charge in [-0.25, -0.2) is 0 Å². The van der Waals surface area contributed by atoms with Crippen LogP contribution in [-0.2, 0) is 0 Å². The maximum Gasteiger partial charge on any atom is 0.136 e. The zero-order valence-corrected chi connectivity index (χ0v) is 34.9. The van der Waals surface area contributed by atoms with E-state index in [0.717, 1.165) is 43.9 Å². The van der Waals surface area contributed by atoms with Gasteiger partial charge in [-0.1, -0.05) is 135 Å². The first-order valence-corrected chi connectivity index (χ1v) is 21.1. The fourth-order valence-corrected chi connectivity index (χ4v) is 8.62. The summed E-state index contributed by atoms with van der Waals surface area (Å²) in [7, 11) is 0. The smallest absolute Gasteiger partial charge is 0.136 e. The molecule has 2 heteroatoms. The van der Waals surface area contributed by atoms with Gasteiger partial charge in [-0.3, -0.25) is 0 Å². The highest BCUT2D eigenvalue weighted by atomic mass is 16.3. The van der Waals surface area contributed by atoms with Crippen LogP contribution in [0.4, 0.5) is 0 Å². The zero-order valence-electron chi connectivity index (χ0n) is 34.9. The second-order valence-corrected chi connectivity index (χ2v) is 15.8. The molecule has 1 aliphatic rings. The second-order valence-electron chi connectivity index (χ2n) is 15.8. The summed E-state index contributed by atoms with van der Waals surface area (Å²) in [5.41, 5.74) is 20.5. The van der Waals surface area contributed by atoms with Crippen LogP contribution in [0.2, 0.25) is 0 Å². The first-order valence-electron chi connectivity index (χ1n) is 21.1. The highest BCUT2D eigenvalue weighted by molar-refractivity contribution is 6.26. The van der Waals surface area contributed by atoms with Gasteiger partial charge in [-0.05, 0) is 162 Å². The van der Waals surface area contributed by atoms with Crippen LogP contribution in [-0.4, -0.2) is 0 Å². The minimum Gasteiger partial charge on any atom is -0.456 e. The molecular formula is C57H50O2. The molecule has 0 saturated heterocycles. The summed E-state index contributed by atoms with van der Waals surface area (Å²) >= 11 is 0. The normalized spacial score (nSPS) is 12.4. The standard InChI is InChI=1S/C41H30O2.C14H14.C2H6/c1-24-8-16-36-34(20-24)40-38(42-36)18-19-39-41(40)35-23-30(14-17-37(35)43-39)29-13-15-31(27-11-12-27)33(22-29)32-21-28(10-9-25(32)2)26-6-4-3-5-7-26;1-11-7-3-5-9-13(11)14-10-6-4-8-12(14)2;1-2/h3-10,13-23,27H,11-12H2,1-2H3;3-10H,1-2H3;1-2H3. The first kappa shape index (κ1) is 37.9. The third-order valence-electron chi connectivity index (χ3n) is 11.8. The Kier molecular flexibility index (Phi) is 10.3. The van der Waals surface area contributed by atoms with Crippen LogP contribution in [0, 0.1) is 27.7 Å². The van der Waals surface area contributed by atoms with Gasteiger partial charge in [0.15, 0.2) is 0 Å². The van der Waals surface area contributed by atoms with Gasteiger partial charge in [0, 0.05) is 21.5 Å². The van der Waals surface area contributed by atoms with E-state index >= 15 is 0 Å². The van der Waals surface area contributed by atoms with E-state index in [1.165, 1.54) is 85.2 Å². The molecule has 11 rings (SSSR count). The van der Waals surface area contributed by atoms with Crippen molar-refractivity contribution in [2.24, 2.45) is 0 Å². The largest absolute Gasteiger partial charge is 0.456 e. The van der Waals surface area contributed by atoms with E-state index in [-0.39, 0.29) is 0 Å². The van der Waals surface area contributed by atoms with Crippen molar-refractivity contribution < 1.29 is 8.83 Å². The molecule has 1 fully saturated rings. The third-order valence-corrected chi connectivity index (χ3v) is 11.8. The lowest BCUT2D eigenvalue weighted by atomic mass is 9.88. The Bertz CT molecular complexity index is 3070. The maximum atomic E-state index is 6.38. The van der Waals surface area contributed by atoms with E-state index in [4.69, 9.17) is 8.83 Å². The van der Waals surface area contributed by atoms with Crippen molar-refractivity contribution in [1.82, 2.24) is 0 Å². The molecule has 0 bridgehead atoms. The third kappa shape index (κ3) is 7.25. The summed E-state index contributed by atoms with van der Waals surface area (Å²) in [4.78, 5) is 0. The molecule has 2 aromatic heterocycles. The molecule has 0 N–H and O–H groups in total. The van der Waals surface area contributed by atoms with Crippen molar-refractivity contribution in [3.8, 4) is 44.5 Å². The van der Waals surface area contributed by atoms with E-state index in [2.05, 4.69) is 179 Å². The fourth-order valence-electron chi connectivity index (χ4n) is 8.62. The number of rotatable bonds is 5. The Morgan fingerprint density at radius 2 is 0.847 bits per heavy atom. The summed E-state index contributed by atoms with van der Waals surface area (Å²) in [6, 6.07) is 58.8. The molecule has 10 aromatic rings. The van der Waals surface area contributed by atoms with Crippen molar-refractivity contribution >= 4 is 43.9 Å². The van der Waals surface area contributed by atoms with E-state index in [0.29, 0.717) is 5.92 Å². The van der Waals surface area contributed by atoms with Crippen LogP contribution in [0.1, 0.15) is 60.4 Å². The van der Waals surface area contributed by atoms with Crippen molar-refractivity contribution in [1.29, 1.82) is 0 Å². The summed E-state index contributed by atoms with van der Waals surface area (Å²) < 4.78 is 12.6. The first-order chi connectivity index (χ1) is 28.9. The predicted octanol–water partition coefficient (Wildman–Crippen LogP) is 17.0. The maximum absolute atomic E-state index is 6.38. The minimum absolute atomic E-state index is 0.648. The molecule has 2 nitrogen and oxygen atoms in total. The van der Waals surface area contributed by atoms with Crippen LogP contribution in [0.25, 0.3) is 88.4 Å². The van der Waals surface area contributed by atoms with E-state index in [9.17, 15) is 0 Å². The highest BCUT2D eigenvalue weighted by Gasteiger charge is 2.27. The van der Waals surface area contributed by atoms with Gasteiger partial charge in [0.25, 0.3) is 0 Å². The molecule has 0 spiro atoms. The quantitative estimate of drug-likeness (QED) is 0.174. The number of hydrogen-bond donors (Lipinski definition) is 0. The Morgan fingerprint density at radius 1 is 0.373 bits per heavy atom. The van der Waals surface area contributed by atoms with Crippen LogP contribution >= 0.6 is 0 Å². The number of fused-ring (bicyclic) bond motifs is 7. The monoisotopic (exact) mass is 766 g/mol. The minimum atomic E-state index is 0.648. The van der Waals surface area contributed by atoms with Gasteiger partial charge >= 0.3 is 0 Å². The molecule has 1 saturated carbocycles. The molecule has 8 aromatic carbocycles. The van der Waals surface area contributed by atoms with Gasteiger partial charge in [0.1, 0.15) is 22.3 Å². The molecular weight excluding hydrogens is 717 g/mol. The van der Waals surface area contributed by atoms with Crippen LogP contribution in [0.3, 0.4) is 0 Å². The van der Waals surface area contributed by atoms with Crippen molar-refractivity contribution in [2.45, 2.75) is 60.3 Å². The fraction of sp³-hybridized carbons (Fsp3) is 0.158. The Balaban J connectivity index is 0.000000237. The van der Waals surface area contributed by atoms with Gasteiger partial charge in [0.05, 0.1) is 0 Å². The van der Waals surface area contributed by atoms with Gasteiger partial charge in [-0.2, -0.15) is 0 Å². The van der Waals surface area contributed by atoms with Gasteiger partial charge in [0.2, 0.25) is 0 Å². The van der Waals surface area contributed by atoms with Crippen molar-refractivity contribution in [3.05, 3.63) is 192 Å². The number of aryl methyl sites for hydroxylation is 4. The molecule has 0 amide bonds. The summed E-state index contributed by atoms with van der Waals surface area (Å²) in [6.45, 7) is 12.7. The average Bonchev–Trinajstić information content (AvgIpc) is 3.96. The van der Waals surface area contributed by atoms with Crippen molar-refractivity contribution in [2.75, 3.05) is 0 Å². The van der Waals surface area contributed by atoms with Gasteiger partial charge < -0.3 is 8.83 Å². The topological polar surface area (TPSA) is 26.3 Å². The van der Waals surface area contributed by atoms with E-state index < -0.39 is 0 Å². The summed E-state index contributed by atoms with van der Waals surface area (Å²) in [5, 5.41) is 4.51. The molecule has 0 unspecified atom stereocenters. The lowest BCUT2D eigenvalue weighted by Crippen LogP contribution is -1.93. The van der Waals surface area contributed by atoms with E-state index in [1.807, 2.05) is 26.0 Å². The Hall–Kier alpha value is -6.64. The highest BCUT2D eigenvalue weighted by Crippen LogP contribution is 2.47. The van der Waals surface area contributed by atoms with E-state index in [1.54, 1.807) is 0 Å². The molecule has 290 valence electrons. The second kappa shape index (κ2) is 16.0. The lowest BCUT2D eigenvalue weighted by molar-refractivity contribution is 0.663. The van der Waals surface area contributed by atoms with Crippen LogP contribution in [0.15, 0.2) is 173 Å². The zero-order chi connectivity index (χ0) is 40.6. The SMILES string of the molecule is CC.Cc1ccc2oc3ccc4oc5ccc(-c6ccc(C7CC7)c(-c7cc(-c8ccccc8)ccc7C)c6)cc5c4c3c2c1.Cc1ccccc1-c1ccccc1C. The van der Waals surface area contributed by atoms with Gasteiger partial charge in [-0.15, -0.1) is 0 Å². The average molecular weight is 767 g/mol. The number of furan rings is 2. The van der Waals surface area contributed by atoms with Crippen molar-refractivity contribution in [3.63, 3.8) is 0 Å². The van der Waals surface area contributed by atoms with Crippen LogP contribution in [0.5, 0.6) is 0 Å². The lowest BCUT2D eigenvalue weighted by Gasteiger charge is -2.16. The number of hydrogen-bond acceptors (Lipinski definition) is 2. The molecule has 0 atom stereocenters. The molecule has 0 radical (unpaired) electrons. The Morgan fingerprint density at radius 3 is 1.47 bits per heavy atom. The van der Waals surface area contributed by atoms with Crippen LogP contribution < -0.4 is 0 Å².